The van der Waals surface area contributed by atoms with Crippen LogP contribution in [0.2, 0.25) is 0 Å². The van der Waals surface area contributed by atoms with Crippen LogP contribution >= 0.6 is 0 Å². The van der Waals surface area contributed by atoms with Crippen molar-refractivity contribution in [3.05, 3.63) is 41.6 Å². The summed E-state index contributed by atoms with van der Waals surface area (Å²) in [6.45, 7) is 13.6. The molecule has 34 heavy (non-hydrogen) atoms. The van der Waals surface area contributed by atoms with Crippen molar-refractivity contribution in [1.82, 2.24) is 20.7 Å². The van der Waals surface area contributed by atoms with Gasteiger partial charge in [-0.3, -0.25) is 9.69 Å². The first kappa shape index (κ1) is 24.9. The van der Waals surface area contributed by atoms with Crippen LogP contribution in [0.1, 0.15) is 44.9 Å². The number of nitrogens with one attached hydrogen (secondary N) is 2. The molecule has 4 rings (SSSR count). The molecule has 1 aromatic carbocycles. The van der Waals surface area contributed by atoms with Crippen molar-refractivity contribution in [2.45, 2.75) is 45.4 Å². The number of benzene rings is 1. The zero-order valence-electron chi connectivity index (χ0n) is 20.9. The van der Waals surface area contributed by atoms with Gasteiger partial charge >= 0.3 is 0 Å². The third-order valence-corrected chi connectivity index (χ3v) is 7.13. The molecule has 2 fully saturated rings. The summed E-state index contributed by atoms with van der Waals surface area (Å²) in [5.41, 5.74) is 3.43. The lowest BCUT2D eigenvalue weighted by Crippen LogP contribution is -2.43. The Morgan fingerprint density at radius 3 is 2.68 bits per heavy atom. The maximum atomic E-state index is 12.6. The van der Waals surface area contributed by atoms with Crippen LogP contribution in [0.3, 0.4) is 0 Å². The minimum absolute atomic E-state index is 0.128. The molecule has 0 bridgehead atoms. The lowest BCUT2D eigenvalue weighted by molar-refractivity contribution is -0.122. The molecule has 0 saturated carbocycles. The van der Waals surface area contributed by atoms with Crippen LogP contribution in [-0.4, -0.2) is 68.4 Å². The van der Waals surface area contributed by atoms with E-state index >= 15 is 0 Å². The van der Waals surface area contributed by atoms with Crippen molar-refractivity contribution in [3.8, 4) is 11.3 Å². The summed E-state index contributed by atoms with van der Waals surface area (Å²) in [5, 5.41) is 11.0. The second-order valence-electron chi connectivity index (χ2n) is 10.7. The van der Waals surface area contributed by atoms with Crippen molar-refractivity contribution < 1.29 is 14.1 Å². The highest BCUT2D eigenvalue weighted by atomic mass is 16.5. The Kier molecular flexibility index (Phi) is 8.40. The molecule has 0 unspecified atom stereocenters. The smallest absolute Gasteiger partial charge is 0.220 e. The highest BCUT2D eigenvalue weighted by Crippen LogP contribution is 2.29. The third-order valence-electron chi connectivity index (χ3n) is 7.13. The first-order valence-corrected chi connectivity index (χ1v) is 12.7. The number of carbonyl (C=O) groups is 1. The average molecular weight is 469 g/mol. The van der Waals surface area contributed by atoms with Crippen LogP contribution in [-0.2, 0) is 21.4 Å². The molecule has 2 atom stereocenters. The first-order chi connectivity index (χ1) is 16.4. The average Bonchev–Trinajstić information content (AvgIpc) is 3.29. The summed E-state index contributed by atoms with van der Waals surface area (Å²) >= 11 is 0. The molecule has 0 spiro atoms. The van der Waals surface area contributed by atoms with Gasteiger partial charge in [0.25, 0.3) is 0 Å². The number of carbonyl (C=O) groups excluding carboxylic acids is 1. The van der Waals surface area contributed by atoms with E-state index in [1.165, 1.54) is 5.56 Å². The fourth-order valence-electron chi connectivity index (χ4n) is 4.92. The third kappa shape index (κ3) is 6.90. The van der Waals surface area contributed by atoms with E-state index in [0.29, 0.717) is 24.8 Å². The molecule has 2 aromatic rings. The lowest BCUT2D eigenvalue weighted by Gasteiger charge is -2.31. The number of morpholine rings is 1. The second-order valence-corrected chi connectivity index (χ2v) is 10.7. The Hall–Kier alpha value is -2.22. The van der Waals surface area contributed by atoms with E-state index < -0.39 is 0 Å². The van der Waals surface area contributed by atoms with E-state index in [0.717, 1.165) is 75.8 Å². The van der Waals surface area contributed by atoms with Gasteiger partial charge in [-0.15, -0.1) is 0 Å². The summed E-state index contributed by atoms with van der Waals surface area (Å²) in [7, 11) is 0. The van der Waals surface area contributed by atoms with Crippen LogP contribution in [0.25, 0.3) is 11.3 Å². The zero-order valence-corrected chi connectivity index (χ0v) is 20.9. The molecule has 7 nitrogen and oxygen atoms in total. The number of piperidine rings is 1. The van der Waals surface area contributed by atoms with Gasteiger partial charge in [0.15, 0.2) is 5.76 Å². The number of amides is 1. The Morgan fingerprint density at radius 2 is 1.94 bits per heavy atom. The van der Waals surface area contributed by atoms with Gasteiger partial charge in [-0.05, 0) is 48.7 Å². The van der Waals surface area contributed by atoms with E-state index in [4.69, 9.17) is 9.26 Å². The number of nitrogens with zero attached hydrogens (tertiary/aromatic N) is 2. The van der Waals surface area contributed by atoms with Crippen molar-refractivity contribution in [3.63, 3.8) is 0 Å². The summed E-state index contributed by atoms with van der Waals surface area (Å²) in [6.07, 6.45) is 2.41. The predicted octanol–water partition coefficient (Wildman–Crippen LogP) is 3.25. The molecule has 0 radical (unpaired) electrons. The maximum absolute atomic E-state index is 12.6. The van der Waals surface area contributed by atoms with Gasteiger partial charge in [0.05, 0.1) is 18.9 Å². The van der Waals surface area contributed by atoms with Crippen LogP contribution < -0.4 is 10.6 Å². The number of hydrogen-bond acceptors (Lipinski definition) is 6. The summed E-state index contributed by atoms with van der Waals surface area (Å²) < 4.78 is 11.1. The molecular weight excluding hydrogens is 428 g/mol. The Labute approximate surface area is 203 Å². The Bertz CT molecular complexity index is 913. The quantitative estimate of drug-likeness (QED) is 0.619. The van der Waals surface area contributed by atoms with E-state index in [2.05, 4.69) is 71.8 Å². The predicted molar refractivity (Wildman–Crippen MR) is 134 cm³/mol. The highest BCUT2D eigenvalue weighted by molar-refractivity contribution is 5.76. The van der Waals surface area contributed by atoms with Crippen molar-refractivity contribution in [2.75, 3.05) is 52.5 Å². The summed E-state index contributed by atoms with van der Waals surface area (Å²) in [4.78, 5) is 15.0. The van der Waals surface area contributed by atoms with Gasteiger partial charge in [-0.2, -0.15) is 0 Å². The number of rotatable bonds is 8. The van der Waals surface area contributed by atoms with Crippen LogP contribution in [0.15, 0.2) is 34.9 Å². The van der Waals surface area contributed by atoms with E-state index in [-0.39, 0.29) is 11.3 Å². The molecule has 0 aliphatic carbocycles. The molecule has 2 N–H and O–H groups in total. The van der Waals surface area contributed by atoms with Gasteiger partial charge in [0.2, 0.25) is 5.91 Å². The number of hydrogen-bond donors (Lipinski definition) is 2. The normalized spacial score (nSPS) is 22.0. The van der Waals surface area contributed by atoms with E-state index in [9.17, 15) is 4.79 Å². The van der Waals surface area contributed by atoms with Crippen molar-refractivity contribution in [2.24, 2.45) is 11.8 Å². The maximum Gasteiger partial charge on any atom is 0.220 e. The molecule has 1 aromatic heterocycles. The van der Waals surface area contributed by atoms with E-state index in [1.54, 1.807) is 0 Å². The molecule has 186 valence electrons. The first-order valence-electron chi connectivity index (χ1n) is 12.7. The van der Waals surface area contributed by atoms with Crippen LogP contribution in [0, 0.1) is 11.8 Å². The topological polar surface area (TPSA) is 79.6 Å². The van der Waals surface area contributed by atoms with Crippen LogP contribution in [0.4, 0.5) is 0 Å². The standard InChI is InChI=1S/C27H40N4O3/c1-27(2,3)23-6-4-20(5-7-23)25-18-24(30-34-25)16-22-19-28-9-8-21(22)17-26(32)29-10-11-31-12-14-33-15-13-31/h4-7,18,21-22,28H,8-17,19H2,1-3H3,(H,29,32)/t21-,22-/m0/s1. The van der Waals surface area contributed by atoms with Crippen molar-refractivity contribution in [1.29, 1.82) is 0 Å². The Morgan fingerprint density at radius 1 is 1.18 bits per heavy atom. The van der Waals surface area contributed by atoms with Gasteiger partial charge in [-0.25, -0.2) is 0 Å². The molecule has 2 saturated heterocycles. The van der Waals surface area contributed by atoms with Gasteiger partial charge in [0, 0.05) is 44.2 Å². The van der Waals surface area contributed by atoms with Gasteiger partial charge < -0.3 is 19.9 Å². The largest absolute Gasteiger partial charge is 0.379 e. The minimum atomic E-state index is 0.128. The van der Waals surface area contributed by atoms with Crippen LogP contribution in [0.5, 0.6) is 0 Å². The molecule has 1 amide bonds. The second kappa shape index (κ2) is 11.5. The minimum Gasteiger partial charge on any atom is -0.379 e. The zero-order chi connectivity index (χ0) is 24.0. The molecule has 2 aliphatic heterocycles. The SMILES string of the molecule is CC(C)(C)c1ccc(-c2cc(C[C@H]3CNCC[C@H]3CC(=O)NCCN3CCOCC3)no2)cc1. The monoisotopic (exact) mass is 468 g/mol. The number of aromatic nitrogens is 1. The molecule has 2 aliphatic rings. The lowest BCUT2D eigenvalue weighted by atomic mass is 9.81. The van der Waals surface area contributed by atoms with E-state index in [1.807, 2.05) is 0 Å². The Balaban J connectivity index is 1.29. The molecule has 7 heteroatoms. The summed E-state index contributed by atoms with van der Waals surface area (Å²) in [5.74, 6) is 1.69. The molecular formula is C27H40N4O3. The van der Waals surface area contributed by atoms with Gasteiger partial charge in [-0.1, -0.05) is 50.2 Å². The number of ether oxygens (including phenoxy) is 1. The fraction of sp³-hybridized carbons (Fsp3) is 0.630. The fourth-order valence-corrected chi connectivity index (χ4v) is 4.92. The summed E-state index contributed by atoms with van der Waals surface area (Å²) in [6, 6.07) is 10.6. The highest BCUT2D eigenvalue weighted by Gasteiger charge is 2.28. The van der Waals surface area contributed by atoms with Crippen molar-refractivity contribution >= 4 is 5.91 Å². The van der Waals surface area contributed by atoms with Gasteiger partial charge in [0.1, 0.15) is 0 Å². The molecule has 3 heterocycles.